The highest BCUT2D eigenvalue weighted by molar-refractivity contribution is 5.34. The Balaban J connectivity index is 2.04. The summed E-state index contributed by atoms with van der Waals surface area (Å²) < 4.78 is 18.7. The van der Waals surface area contributed by atoms with Gasteiger partial charge in [0.25, 0.3) is 0 Å². The predicted molar refractivity (Wildman–Crippen MR) is 79.8 cm³/mol. The number of rotatable bonds is 4. The van der Waals surface area contributed by atoms with Crippen molar-refractivity contribution >= 4 is 0 Å². The van der Waals surface area contributed by atoms with Gasteiger partial charge in [-0.1, -0.05) is 6.07 Å². The molecule has 21 heavy (non-hydrogen) atoms. The second-order valence-electron chi connectivity index (χ2n) is 5.99. The van der Waals surface area contributed by atoms with E-state index in [0.717, 1.165) is 11.1 Å². The highest BCUT2D eigenvalue weighted by atomic mass is 19.1. The predicted octanol–water partition coefficient (Wildman–Crippen LogP) is 3.60. The number of aromatic nitrogens is 2. The number of nitrogens with zero attached hydrogens (tertiary/aromatic N) is 2. The molecule has 0 bridgehead atoms. The van der Waals surface area contributed by atoms with Crippen LogP contribution in [0.2, 0.25) is 0 Å². The van der Waals surface area contributed by atoms with Crippen LogP contribution in [0.1, 0.15) is 31.9 Å². The largest absolute Gasteiger partial charge is 0.424 e. The zero-order valence-corrected chi connectivity index (χ0v) is 12.8. The lowest BCUT2D eigenvalue weighted by Gasteiger charge is -2.20. The average molecular weight is 289 g/mol. The van der Waals surface area contributed by atoms with E-state index >= 15 is 0 Å². The fourth-order valence-electron chi connectivity index (χ4n) is 1.64. The first-order valence-corrected chi connectivity index (χ1v) is 6.83. The molecule has 0 radical (unpaired) electrons. The Morgan fingerprint density at radius 2 is 1.86 bits per heavy atom. The molecule has 0 atom stereocenters. The third kappa shape index (κ3) is 4.79. The Morgan fingerprint density at radius 3 is 2.48 bits per heavy atom. The van der Waals surface area contributed by atoms with Gasteiger partial charge in [0.2, 0.25) is 0 Å². The minimum Gasteiger partial charge on any atom is -0.424 e. The van der Waals surface area contributed by atoms with E-state index in [1.54, 1.807) is 18.5 Å². The van der Waals surface area contributed by atoms with E-state index in [1.807, 2.05) is 6.92 Å². The van der Waals surface area contributed by atoms with Crippen LogP contribution in [-0.4, -0.2) is 15.5 Å². The maximum absolute atomic E-state index is 13.2. The van der Waals surface area contributed by atoms with E-state index in [1.165, 1.54) is 12.1 Å². The first-order chi connectivity index (χ1) is 9.83. The molecule has 0 saturated heterocycles. The van der Waals surface area contributed by atoms with Crippen molar-refractivity contribution in [3.8, 4) is 11.8 Å². The van der Waals surface area contributed by atoms with Crippen molar-refractivity contribution in [1.82, 2.24) is 15.3 Å². The summed E-state index contributed by atoms with van der Waals surface area (Å²) in [6.07, 6.45) is 3.41. The number of ether oxygens (including phenoxy) is 1. The number of halogens is 1. The summed E-state index contributed by atoms with van der Waals surface area (Å²) in [5.74, 6) is 0.0807. The molecule has 1 aromatic heterocycles. The lowest BCUT2D eigenvalue weighted by Crippen LogP contribution is -2.35. The molecule has 1 aromatic carbocycles. The van der Waals surface area contributed by atoms with Crippen molar-refractivity contribution in [3.63, 3.8) is 0 Å². The minimum absolute atomic E-state index is 0.0356. The van der Waals surface area contributed by atoms with Gasteiger partial charge in [0.15, 0.2) is 0 Å². The fraction of sp³-hybridized carbons (Fsp3) is 0.375. The summed E-state index contributed by atoms with van der Waals surface area (Å²) in [5.41, 5.74) is 1.83. The monoisotopic (exact) mass is 289 g/mol. The minimum atomic E-state index is -0.346. The second kappa shape index (κ2) is 6.18. The quantitative estimate of drug-likeness (QED) is 0.934. The number of aryl methyl sites for hydroxylation is 1. The normalized spacial score (nSPS) is 11.5. The first kappa shape index (κ1) is 15.4. The van der Waals surface area contributed by atoms with Gasteiger partial charge in [-0.25, -0.2) is 14.4 Å². The number of benzene rings is 1. The SMILES string of the molecule is Cc1ccc(F)cc1Oc1ncc(CNC(C)(C)C)cn1. The van der Waals surface area contributed by atoms with Crippen LogP contribution >= 0.6 is 0 Å². The van der Waals surface area contributed by atoms with Gasteiger partial charge < -0.3 is 10.1 Å². The van der Waals surface area contributed by atoms with Crippen molar-refractivity contribution in [1.29, 1.82) is 0 Å². The molecular weight excluding hydrogens is 269 g/mol. The molecule has 5 heteroatoms. The summed E-state index contributed by atoms with van der Waals surface area (Å²) >= 11 is 0. The van der Waals surface area contributed by atoms with Gasteiger partial charge in [-0.15, -0.1) is 0 Å². The van der Waals surface area contributed by atoms with Crippen LogP contribution < -0.4 is 10.1 Å². The van der Waals surface area contributed by atoms with Crippen LogP contribution in [0.3, 0.4) is 0 Å². The van der Waals surface area contributed by atoms with Crippen LogP contribution in [0.4, 0.5) is 4.39 Å². The summed E-state index contributed by atoms with van der Waals surface area (Å²) in [6.45, 7) is 8.81. The molecule has 2 rings (SSSR count). The first-order valence-electron chi connectivity index (χ1n) is 6.83. The van der Waals surface area contributed by atoms with E-state index in [2.05, 4.69) is 36.1 Å². The maximum Gasteiger partial charge on any atom is 0.321 e. The smallest absolute Gasteiger partial charge is 0.321 e. The van der Waals surface area contributed by atoms with Gasteiger partial charge in [0, 0.05) is 36.1 Å². The summed E-state index contributed by atoms with van der Waals surface area (Å²) in [7, 11) is 0. The van der Waals surface area contributed by atoms with Gasteiger partial charge in [-0.3, -0.25) is 0 Å². The Morgan fingerprint density at radius 1 is 1.19 bits per heavy atom. The lowest BCUT2D eigenvalue weighted by atomic mass is 10.1. The van der Waals surface area contributed by atoms with Gasteiger partial charge in [-0.2, -0.15) is 0 Å². The highest BCUT2D eigenvalue weighted by Gasteiger charge is 2.09. The number of hydrogen-bond donors (Lipinski definition) is 1. The van der Waals surface area contributed by atoms with Crippen LogP contribution in [-0.2, 0) is 6.54 Å². The fourth-order valence-corrected chi connectivity index (χ4v) is 1.64. The average Bonchev–Trinajstić information content (AvgIpc) is 2.41. The second-order valence-corrected chi connectivity index (χ2v) is 5.99. The van der Waals surface area contributed by atoms with E-state index in [9.17, 15) is 4.39 Å². The van der Waals surface area contributed by atoms with Crippen molar-refractivity contribution in [3.05, 3.63) is 47.5 Å². The topological polar surface area (TPSA) is 47.0 Å². The number of hydrogen-bond acceptors (Lipinski definition) is 4. The zero-order chi connectivity index (χ0) is 15.5. The van der Waals surface area contributed by atoms with Crippen LogP contribution in [0.15, 0.2) is 30.6 Å². The van der Waals surface area contributed by atoms with Gasteiger partial charge >= 0.3 is 6.01 Å². The lowest BCUT2D eigenvalue weighted by molar-refractivity contribution is 0.418. The molecule has 0 fully saturated rings. The third-order valence-electron chi connectivity index (χ3n) is 2.86. The van der Waals surface area contributed by atoms with Crippen LogP contribution in [0.5, 0.6) is 11.8 Å². The summed E-state index contributed by atoms with van der Waals surface area (Å²) in [4.78, 5) is 8.30. The number of nitrogens with one attached hydrogen (secondary N) is 1. The molecule has 0 aliphatic carbocycles. The van der Waals surface area contributed by atoms with Crippen molar-refractivity contribution < 1.29 is 9.13 Å². The van der Waals surface area contributed by atoms with Gasteiger partial charge in [-0.05, 0) is 39.3 Å². The Labute approximate surface area is 124 Å². The summed E-state index contributed by atoms with van der Waals surface area (Å²) in [6, 6.07) is 4.59. The van der Waals surface area contributed by atoms with Crippen molar-refractivity contribution in [2.75, 3.05) is 0 Å². The molecule has 0 amide bonds. The van der Waals surface area contributed by atoms with Crippen LogP contribution in [0.25, 0.3) is 0 Å². The maximum atomic E-state index is 13.2. The van der Waals surface area contributed by atoms with Crippen molar-refractivity contribution in [2.24, 2.45) is 0 Å². The molecule has 4 nitrogen and oxygen atoms in total. The molecule has 0 aliphatic heterocycles. The molecule has 2 aromatic rings. The van der Waals surface area contributed by atoms with E-state index in [0.29, 0.717) is 12.3 Å². The molecule has 0 spiro atoms. The van der Waals surface area contributed by atoms with Gasteiger partial charge in [0.1, 0.15) is 11.6 Å². The third-order valence-corrected chi connectivity index (χ3v) is 2.86. The molecule has 0 unspecified atom stereocenters. The van der Waals surface area contributed by atoms with E-state index in [4.69, 9.17) is 4.74 Å². The van der Waals surface area contributed by atoms with E-state index in [-0.39, 0.29) is 17.4 Å². The van der Waals surface area contributed by atoms with Crippen LogP contribution in [0, 0.1) is 12.7 Å². The molecule has 1 N–H and O–H groups in total. The summed E-state index contributed by atoms with van der Waals surface area (Å²) in [5, 5.41) is 3.35. The van der Waals surface area contributed by atoms with E-state index < -0.39 is 0 Å². The molecular formula is C16H20FN3O. The molecule has 1 heterocycles. The van der Waals surface area contributed by atoms with Crippen molar-refractivity contribution in [2.45, 2.75) is 39.8 Å². The highest BCUT2D eigenvalue weighted by Crippen LogP contribution is 2.23. The Hall–Kier alpha value is -2.01. The molecule has 112 valence electrons. The molecule has 0 saturated carbocycles. The standard InChI is InChI=1S/C16H20FN3O/c1-11-5-6-13(17)7-14(11)21-15-18-8-12(9-19-15)10-20-16(2,3)4/h5-9,20H,10H2,1-4H3. The molecule has 0 aliphatic rings. The van der Waals surface area contributed by atoms with Gasteiger partial charge in [0.05, 0.1) is 0 Å². The Kier molecular flexibility index (Phi) is 4.53. The zero-order valence-electron chi connectivity index (χ0n) is 12.8. The Bertz CT molecular complexity index is 606.